The number of carboxylic acids is 1. The molecule has 1 aliphatic rings. The quantitative estimate of drug-likeness (QED) is 0.754. The molecule has 1 saturated heterocycles. The zero-order valence-corrected chi connectivity index (χ0v) is 17.5. The molecule has 1 aromatic rings. The van der Waals surface area contributed by atoms with Gasteiger partial charge in [0.25, 0.3) is 0 Å². The molecular formula is C18H23F3N2O6S. The van der Waals surface area contributed by atoms with E-state index in [0.29, 0.717) is 6.07 Å². The Morgan fingerprint density at radius 3 is 2.37 bits per heavy atom. The highest BCUT2D eigenvalue weighted by Gasteiger charge is 2.40. The van der Waals surface area contributed by atoms with Gasteiger partial charge in [0.1, 0.15) is 5.60 Å². The lowest BCUT2D eigenvalue weighted by molar-refractivity contribution is -0.139. The molecule has 1 N–H and O–H groups in total. The molecule has 1 amide bonds. The summed E-state index contributed by atoms with van der Waals surface area (Å²) in [5, 5.41) is 9.18. The average Bonchev–Trinajstić information content (AvgIpc) is 2.59. The Labute approximate surface area is 172 Å². The predicted octanol–water partition coefficient (Wildman–Crippen LogP) is 2.79. The SMILES string of the molecule is CC(C)(C)OC(=O)N1CCN(S(=O)(=O)c2cccc(C(F)(F)F)c2)C(CC(=O)O)C1. The van der Waals surface area contributed by atoms with Crippen LogP contribution in [0.2, 0.25) is 0 Å². The van der Waals surface area contributed by atoms with Crippen molar-refractivity contribution in [2.75, 3.05) is 19.6 Å². The minimum atomic E-state index is -4.73. The maximum atomic E-state index is 13.0. The molecule has 0 aliphatic carbocycles. The van der Waals surface area contributed by atoms with Gasteiger partial charge in [0, 0.05) is 19.6 Å². The van der Waals surface area contributed by atoms with E-state index >= 15 is 0 Å². The second-order valence-corrected chi connectivity index (χ2v) is 9.71. The van der Waals surface area contributed by atoms with Gasteiger partial charge in [0.05, 0.1) is 22.9 Å². The van der Waals surface area contributed by atoms with Crippen LogP contribution in [-0.4, -0.2) is 66.1 Å². The van der Waals surface area contributed by atoms with Crippen molar-refractivity contribution in [1.29, 1.82) is 0 Å². The summed E-state index contributed by atoms with van der Waals surface area (Å²) in [6.45, 7) is 4.30. The van der Waals surface area contributed by atoms with Gasteiger partial charge in [-0.1, -0.05) is 6.07 Å². The molecule has 168 valence electrons. The van der Waals surface area contributed by atoms with Crippen LogP contribution in [0.1, 0.15) is 32.8 Å². The lowest BCUT2D eigenvalue weighted by atomic mass is 10.1. The summed E-state index contributed by atoms with van der Waals surface area (Å²) in [6.07, 6.45) is -6.09. The molecule has 1 atom stereocenters. The van der Waals surface area contributed by atoms with Crippen LogP contribution < -0.4 is 0 Å². The largest absolute Gasteiger partial charge is 0.481 e. The zero-order chi connectivity index (χ0) is 22.9. The Kier molecular flexibility index (Phi) is 6.72. The van der Waals surface area contributed by atoms with Gasteiger partial charge >= 0.3 is 18.2 Å². The van der Waals surface area contributed by atoms with E-state index < -0.39 is 56.8 Å². The first kappa shape index (κ1) is 23.9. The molecule has 12 heteroatoms. The number of hydrogen-bond donors (Lipinski definition) is 1. The van der Waals surface area contributed by atoms with Gasteiger partial charge in [0.15, 0.2) is 0 Å². The molecule has 1 heterocycles. The van der Waals surface area contributed by atoms with E-state index in [2.05, 4.69) is 0 Å². The minimum absolute atomic E-state index is 0.0940. The van der Waals surface area contributed by atoms with E-state index in [1.165, 1.54) is 4.90 Å². The zero-order valence-electron chi connectivity index (χ0n) is 16.6. The van der Waals surface area contributed by atoms with Crippen molar-refractivity contribution in [2.45, 2.75) is 49.9 Å². The first-order chi connectivity index (χ1) is 13.6. The van der Waals surface area contributed by atoms with E-state index in [1.807, 2.05) is 0 Å². The van der Waals surface area contributed by atoms with Gasteiger partial charge in [-0.3, -0.25) is 4.79 Å². The maximum Gasteiger partial charge on any atom is 0.416 e. The molecule has 0 radical (unpaired) electrons. The van der Waals surface area contributed by atoms with Gasteiger partial charge in [-0.25, -0.2) is 13.2 Å². The lowest BCUT2D eigenvalue weighted by Crippen LogP contribution is -2.57. The molecule has 1 fully saturated rings. The molecule has 0 saturated carbocycles. The summed E-state index contributed by atoms with van der Waals surface area (Å²) in [6, 6.07) is 2.08. The third-order valence-corrected chi connectivity index (χ3v) is 6.21. The number of aliphatic carboxylic acids is 1. The molecular weight excluding hydrogens is 429 g/mol. The topological polar surface area (TPSA) is 104 Å². The molecule has 1 unspecified atom stereocenters. The number of hydrogen-bond acceptors (Lipinski definition) is 5. The van der Waals surface area contributed by atoms with Crippen molar-refractivity contribution < 1.29 is 41.0 Å². The summed E-state index contributed by atoms with van der Waals surface area (Å²) in [7, 11) is -4.43. The van der Waals surface area contributed by atoms with E-state index in [0.717, 1.165) is 22.5 Å². The number of rotatable bonds is 4. The van der Waals surface area contributed by atoms with Crippen LogP contribution in [-0.2, 0) is 25.7 Å². The average molecular weight is 452 g/mol. The van der Waals surface area contributed by atoms with Gasteiger partial charge < -0.3 is 14.7 Å². The summed E-state index contributed by atoms with van der Waals surface area (Å²) < 4.78 is 71.0. The van der Waals surface area contributed by atoms with Crippen LogP contribution in [0.4, 0.5) is 18.0 Å². The third-order valence-electron chi connectivity index (χ3n) is 4.26. The second kappa shape index (κ2) is 8.42. The van der Waals surface area contributed by atoms with E-state index in [1.54, 1.807) is 20.8 Å². The molecule has 30 heavy (non-hydrogen) atoms. The Hall–Kier alpha value is -2.34. The third kappa shape index (κ3) is 5.85. The maximum absolute atomic E-state index is 13.0. The number of carboxylic acid groups (broad SMARTS) is 1. The van der Waals surface area contributed by atoms with Crippen LogP contribution in [0.5, 0.6) is 0 Å². The Balaban J connectivity index is 2.33. The Morgan fingerprint density at radius 2 is 1.83 bits per heavy atom. The van der Waals surface area contributed by atoms with Crippen molar-refractivity contribution in [3.63, 3.8) is 0 Å². The fourth-order valence-electron chi connectivity index (χ4n) is 2.98. The smallest absolute Gasteiger partial charge is 0.416 e. The normalized spacial score (nSPS) is 18.9. The summed E-state index contributed by atoms with van der Waals surface area (Å²) in [5.74, 6) is -1.31. The second-order valence-electron chi connectivity index (χ2n) is 7.82. The molecule has 1 aliphatic heterocycles. The first-order valence-electron chi connectivity index (χ1n) is 9.00. The number of alkyl halides is 3. The van der Waals surface area contributed by atoms with Crippen molar-refractivity contribution in [3.05, 3.63) is 29.8 Å². The van der Waals surface area contributed by atoms with E-state index in [4.69, 9.17) is 4.74 Å². The minimum Gasteiger partial charge on any atom is -0.481 e. The molecule has 0 spiro atoms. The monoisotopic (exact) mass is 452 g/mol. The van der Waals surface area contributed by atoms with Crippen LogP contribution in [0.15, 0.2) is 29.2 Å². The summed E-state index contributed by atoms with van der Waals surface area (Å²) in [5.41, 5.74) is -1.94. The molecule has 1 aromatic carbocycles. The number of halogens is 3. The number of ether oxygens (including phenoxy) is 1. The predicted molar refractivity (Wildman–Crippen MR) is 99.2 cm³/mol. The molecule has 0 aromatic heterocycles. The molecule has 0 bridgehead atoms. The number of sulfonamides is 1. The number of carbonyl (C=O) groups is 2. The van der Waals surface area contributed by atoms with Gasteiger partial charge in [-0.05, 0) is 39.0 Å². The van der Waals surface area contributed by atoms with Crippen LogP contribution in [0.3, 0.4) is 0 Å². The first-order valence-corrected chi connectivity index (χ1v) is 10.4. The highest BCUT2D eigenvalue weighted by atomic mass is 32.2. The Bertz CT molecular complexity index is 911. The van der Waals surface area contributed by atoms with Crippen molar-refractivity contribution in [2.24, 2.45) is 0 Å². The van der Waals surface area contributed by atoms with Gasteiger partial charge in [-0.15, -0.1) is 0 Å². The van der Waals surface area contributed by atoms with Crippen molar-refractivity contribution >= 4 is 22.1 Å². The summed E-state index contributed by atoms with van der Waals surface area (Å²) >= 11 is 0. The fraction of sp³-hybridized carbons (Fsp3) is 0.556. The lowest BCUT2D eigenvalue weighted by Gasteiger charge is -2.40. The highest BCUT2D eigenvalue weighted by molar-refractivity contribution is 7.89. The van der Waals surface area contributed by atoms with Crippen LogP contribution in [0, 0.1) is 0 Å². The number of amides is 1. The van der Waals surface area contributed by atoms with Gasteiger partial charge in [0.2, 0.25) is 10.0 Å². The number of benzene rings is 1. The number of piperazine rings is 1. The van der Waals surface area contributed by atoms with E-state index in [-0.39, 0.29) is 19.6 Å². The standard InChI is InChI=1S/C18H23F3N2O6S/c1-17(2,3)29-16(26)22-7-8-23(13(11-22)10-15(24)25)30(27,28)14-6-4-5-12(9-14)18(19,20)21/h4-6,9,13H,7-8,10-11H2,1-3H3,(H,24,25). The number of nitrogens with zero attached hydrogens (tertiary/aromatic N) is 2. The van der Waals surface area contributed by atoms with Gasteiger partial charge in [-0.2, -0.15) is 17.5 Å². The highest BCUT2D eigenvalue weighted by Crippen LogP contribution is 2.32. The Morgan fingerprint density at radius 1 is 1.20 bits per heavy atom. The molecule has 2 rings (SSSR count). The van der Waals surface area contributed by atoms with Crippen LogP contribution >= 0.6 is 0 Å². The fourth-order valence-corrected chi connectivity index (χ4v) is 4.64. The number of carbonyl (C=O) groups excluding carboxylic acids is 1. The van der Waals surface area contributed by atoms with E-state index in [9.17, 15) is 36.3 Å². The molecule has 8 nitrogen and oxygen atoms in total. The van der Waals surface area contributed by atoms with Crippen molar-refractivity contribution in [1.82, 2.24) is 9.21 Å². The van der Waals surface area contributed by atoms with Crippen molar-refractivity contribution in [3.8, 4) is 0 Å². The summed E-state index contributed by atoms with van der Waals surface area (Å²) in [4.78, 5) is 24.1. The van der Waals surface area contributed by atoms with Crippen LogP contribution in [0.25, 0.3) is 0 Å².